The van der Waals surface area contributed by atoms with Crippen LogP contribution in [0.2, 0.25) is 25.7 Å². The molecule has 1 amide bonds. The van der Waals surface area contributed by atoms with Gasteiger partial charge in [-0.3, -0.25) is 0 Å². The van der Waals surface area contributed by atoms with Crippen LogP contribution in [0.15, 0.2) is 12.4 Å². The summed E-state index contributed by atoms with van der Waals surface area (Å²) in [5.74, 6) is 0.633. The van der Waals surface area contributed by atoms with Crippen molar-refractivity contribution in [1.82, 2.24) is 19.4 Å². The lowest BCUT2D eigenvalue weighted by Crippen LogP contribution is -2.41. The van der Waals surface area contributed by atoms with Crippen molar-refractivity contribution in [2.24, 2.45) is 0 Å². The second-order valence-corrected chi connectivity index (χ2v) is 17.8. The van der Waals surface area contributed by atoms with Crippen LogP contribution in [0.1, 0.15) is 63.1 Å². The van der Waals surface area contributed by atoms with E-state index >= 15 is 0 Å². The Kier molecular flexibility index (Phi) is 7.88. The highest BCUT2D eigenvalue weighted by Crippen LogP contribution is 2.35. The molecule has 2 aliphatic heterocycles. The van der Waals surface area contributed by atoms with Crippen LogP contribution >= 0.6 is 0 Å². The van der Waals surface area contributed by atoms with Gasteiger partial charge in [-0.2, -0.15) is 0 Å². The van der Waals surface area contributed by atoms with Gasteiger partial charge in [0.05, 0.1) is 18.5 Å². The first-order chi connectivity index (χ1) is 16.5. The molecule has 2 aliphatic rings. The number of fused-ring (bicyclic) bond motifs is 1. The van der Waals surface area contributed by atoms with Gasteiger partial charge in [0.1, 0.15) is 17.8 Å². The molecule has 9 heteroatoms. The summed E-state index contributed by atoms with van der Waals surface area (Å²) in [6, 6.07) is 1.14. The lowest BCUT2D eigenvalue weighted by atomic mass is 9.90. The summed E-state index contributed by atoms with van der Waals surface area (Å²) in [7, 11) is -1.14. The van der Waals surface area contributed by atoms with Crippen LogP contribution in [0.4, 0.5) is 4.79 Å². The number of carbonyl (C=O) groups excluding carboxylic acids is 1. The van der Waals surface area contributed by atoms with Gasteiger partial charge in [-0.25, -0.2) is 14.8 Å². The molecular weight excluding hydrogens is 460 g/mol. The first-order valence-electron chi connectivity index (χ1n) is 13.0. The van der Waals surface area contributed by atoms with E-state index in [1.54, 1.807) is 0 Å². The Labute approximate surface area is 210 Å². The van der Waals surface area contributed by atoms with E-state index in [9.17, 15) is 4.79 Å². The van der Waals surface area contributed by atoms with Gasteiger partial charge < -0.3 is 23.7 Å². The molecule has 0 aliphatic carbocycles. The van der Waals surface area contributed by atoms with Gasteiger partial charge in [-0.05, 0) is 52.0 Å². The summed E-state index contributed by atoms with van der Waals surface area (Å²) >= 11 is 0. The molecule has 194 valence electrons. The summed E-state index contributed by atoms with van der Waals surface area (Å²) in [5, 5.41) is 0. The molecule has 0 N–H and O–H groups in total. The molecule has 0 saturated carbocycles. The van der Waals surface area contributed by atoms with Crippen LogP contribution in [0.5, 0.6) is 0 Å². The number of aromatic nitrogens is 3. The highest BCUT2D eigenvalue weighted by Gasteiger charge is 2.30. The molecule has 8 nitrogen and oxygen atoms in total. The smallest absolute Gasteiger partial charge is 0.410 e. The first kappa shape index (κ1) is 26.1. The zero-order valence-electron chi connectivity index (χ0n) is 22.3. The molecule has 0 bridgehead atoms. The number of piperidine rings is 1. The molecule has 2 fully saturated rings. The second-order valence-electron chi connectivity index (χ2n) is 12.2. The molecule has 35 heavy (non-hydrogen) atoms. The minimum Gasteiger partial charge on any atom is -0.444 e. The molecule has 0 spiro atoms. The molecule has 4 rings (SSSR count). The van der Waals surface area contributed by atoms with Crippen LogP contribution < -0.4 is 0 Å². The number of rotatable bonds is 7. The standard InChI is InChI=1S/C26H42N4O4Si/c1-26(2,3)34-25(31)29-10-7-19(8-11-29)21-16-30(18-33-13-14-35(4,5)6)24-23(21)28-22(15-27-24)20-9-12-32-17-20/h15-16,19-20H,7-14,17-18H2,1-6H3/t20-/m0/s1. The fourth-order valence-electron chi connectivity index (χ4n) is 4.69. The summed E-state index contributed by atoms with van der Waals surface area (Å²) in [6.07, 6.45) is 6.62. The third kappa shape index (κ3) is 6.83. The van der Waals surface area contributed by atoms with Crippen LogP contribution in [0.3, 0.4) is 0 Å². The number of ether oxygens (including phenoxy) is 3. The molecule has 0 radical (unpaired) electrons. The number of hydrogen-bond donors (Lipinski definition) is 0. The van der Waals surface area contributed by atoms with Gasteiger partial charge in [0.2, 0.25) is 0 Å². The molecule has 0 aromatic carbocycles. The predicted octanol–water partition coefficient (Wildman–Crippen LogP) is 5.36. The van der Waals surface area contributed by atoms with Crippen LogP contribution in [-0.4, -0.2) is 72.1 Å². The van der Waals surface area contributed by atoms with Crippen LogP contribution in [-0.2, 0) is 20.9 Å². The Morgan fingerprint density at radius 1 is 1.17 bits per heavy atom. The first-order valence-corrected chi connectivity index (χ1v) is 16.7. The van der Waals surface area contributed by atoms with Crippen LogP contribution in [0, 0.1) is 0 Å². The number of hydrogen-bond acceptors (Lipinski definition) is 6. The quantitative estimate of drug-likeness (QED) is 0.374. The fourth-order valence-corrected chi connectivity index (χ4v) is 5.45. The van der Waals surface area contributed by atoms with Crippen molar-refractivity contribution in [3.05, 3.63) is 23.7 Å². The summed E-state index contributed by atoms with van der Waals surface area (Å²) in [6.45, 7) is 16.9. The largest absolute Gasteiger partial charge is 0.444 e. The maximum atomic E-state index is 12.5. The molecule has 2 aromatic heterocycles. The Morgan fingerprint density at radius 2 is 1.91 bits per heavy atom. The normalized spacial score (nSPS) is 20.1. The van der Waals surface area contributed by atoms with Gasteiger partial charge in [0, 0.05) is 52.1 Å². The SMILES string of the molecule is CC(C)(C)OC(=O)N1CCC(c2cn(COCC[Si](C)(C)C)c3ncc([C@H]4CCOC4)nc23)CC1. The Balaban J connectivity index is 1.52. The molecule has 2 saturated heterocycles. The number of amides is 1. The van der Waals surface area contributed by atoms with Gasteiger partial charge in [-0.1, -0.05) is 19.6 Å². The van der Waals surface area contributed by atoms with E-state index in [0.717, 1.165) is 55.4 Å². The summed E-state index contributed by atoms with van der Waals surface area (Å²) in [5.41, 5.74) is 3.60. The number of nitrogens with zero attached hydrogens (tertiary/aromatic N) is 4. The molecule has 1 atom stereocenters. The average Bonchev–Trinajstić information content (AvgIpc) is 3.43. The maximum absolute atomic E-state index is 12.5. The van der Waals surface area contributed by atoms with E-state index in [0.29, 0.717) is 38.3 Å². The highest BCUT2D eigenvalue weighted by molar-refractivity contribution is 6.76. The van der Waals surface area contributed by atoms with Gasteiger partial charge >= 0.3 is 6.09 Å². The zero-order chi connectivity index (χ0) is 25.2. The Hall–Kier alpha value is -1.97. The summed E-state index contributed by atoms with van der Waals surface area (Å²) < 4.78 is 19.4. The van der Waals surface area contributed by atoms with Crippen molar-refractivity contribution in [1.29, 1.82) is 0 Å². The molecule has 4 heterocycles. The van der Waals surface area contributed by atoms with Crippen molar-refractivity contribution in [3.63, 3.8) is 0 Å². The third-order valence-corrected chi connectivity index (χ3v) is 8.48. The third-order valence-electron chi connectivity index (χ3n) is 6.77. The molecule has 0 unspecified atom stereocenters. The van der Waals surface area contributed by atoms with Crippen molar-refractivity contribution < 1.29 is 19.0 Å². The van der Waals surface area contributed by atoms with Crippen LogP contribution in [0.25, 0.3) is 11.2 Å². The van der Waals surface area contributed by atoms with E-state index in [4.69, 9.17) is 24.2 Å². The van der Waals surface area contributed by atoms with Crippen molar-refractivity contribution in [3.8, 4) is 0 Å². The van der Waals surface area contributed by atoms with E-state index in [2.05, 4.69) is 30.4 Å². The van der Waals surface area contributed by atoms with E-state index in [-0.39, 0.29) is 6.09 Å². The van der Waals surface area contributed by atoms with E-state index < -0.39 is 13.7 Å². The van der Waals surface area contributed by atoms with E-state index in [1.165, 1.54) is 5.56 Å². The minimum absolute atomic E-state index is 0.225. The van der Waals surface area contributed by atoms with Gasteiger partial charge in [0.15, 0.2) is 5.65 Å². The average molecular weight is 503 g/mol. The monoisotopic (exact) mass is 502 g/mol. The van der Waals surface area contributed by atoms with Crippen molar-refractivity contribution in [2.75, 3.05) is 32.9 Å². The number of carbonyl (C=O) groups is 1. The Morgan fingerprint density at radius 3 is 2.54 bits per heavy atom. The lowest BCUT2D eigenvalue weighted by molar-refractivity contribution is 0.0205. The fraction of sp³-hybridized carbons (Fsp3) is 0.731. The van der Waals surface area contributed by atoms with Gasteiger partial charge in [-0.15, -0.1) is 0 Å². The maximum Gasteiger partial charge on any atom is 0.410 e. The topological polar surface area (TPSA) is 78.7 Å². The van der Waals surface area contributed by atoms with Crippen molar-refractivity contribution in [2.45, 2.75) is 89.9 Å². The highest BCUT2D eigenvalue weighted by atomic mass is 28.3. The lowest BCUT2D eigenvalue weighted by Gasteiger charge is -2.33. The minimum atomic E-state index is -1.14. The van der Waals surface area contributed by atoms with Gasteiger partial charge in [0.25, 0.3) is 0 Å². The summed E-state index contributed by atoms with van der Waals surface area (Å²) in [4.78, 5) is 24.3. The molecule has 2 aromatic rings. The predicted molar refractivity (Wildman–Crippen MR) is 140 cm³/mol. The zero-order valence-corrected chi connectivity index (χ0v) is 23.3. The second kappa shape index (κ2) is 10.6. The van der Waals surface area contributed by atoms with Crippen molar-refractivity contribution >= 4 is 25.3 Å². The number of likely N-dealkylation sites (tertiary alicyclic amines) is 1. The molecular formula is C26H42N4O4Si. The Bertz CT molecular complexity index is 1010. The van der Waals surface area contributed by atoms with E-state index in [1.807, 2.05) is 31.9 Å².